The molecule has 3 nitrogen and oxygen atoms in total. The average Bonchev–Trinajstić information content (AvgIpc) is 2.16. The standard InChI is InChI=1S/C11H17NO2S2/c1-9(12)10-3-5-11(6-4-10)15-7-8-16(2,13)14/h3-6,9H,7-8,12H2,1-2H3/t9-/m0/s1. The van der Waals surface area contributed by atoms with Gasteiger partial charge in [0.15, 0.2) is 0 Å². The molecule has 16 heavy (non-hydrogen) atoms. The molecule has 0 saturated carbocycles. The summed E-state index contributed by atoms with van der Waals surface area (Å²) in [5.41, 5.74) is 6.83. The van der Waals surface area contributed by atoms with E-state index >= 15 is 0 Å². The highest BCUT2D eigenvalue weighted by Gasteiger charge is 2.03. The number of benzene rings is 1. The van der Waals surface area contributed by atoms with E-state index in [1.54, 1.807) is 11.8 Å². The predicted molar refractivity (Wildman–Crippen MR) is 69.5 cm³/mol. The fourth-order valence-electron chi connectivity index (χ4n) is 1.18. The van der Waals surface area contributed by atoms with Gasteiger partial charge in [0.25, 0.3) is 0 Å². The molecule has 0 aliphatic heterocycles. The number of hydrogen-bond donors (Lipinski definition) is 1. The molecule has 0 aliphatic carbocycles. The number of rotatable bonds is 5. The molecule has 0 aliphatic rings. The van der Waals surface area contributed by atoms with Gasteiger partial charge in [-0.1, -0.05) is 12.1 Å². The Morgan fingerprint density at radius 3 is 2.31 bits per heavy atom. The van der Waals surface area contributed by atoms with Gasteiger partial charge in [-0.3, -0.25) is 0 Å². The molecule has 0 unspecified atom stereocenters. The van der Waals surface area contributed by atoms with E-state index < -0.39 is 9.84 Å². The predicted octanol–water partition coefficient (Wildman–Crippen LogP) is 1.84. The molecule has 1 aromatic rings. The summed E-state index contributed by atoms with van der Waals surface area (Å²) in [5, 5.41) is 0. The maximum absolute atomic E-state index is 10.9. The van der Waals surface area contributed by atoms with E-state index in [9.17, 15) is 8.42 Å². The molecule has 0 radical (unpaired) electrons. The molecule has 5 heteroatoms. The summed E-state index contributed by atoms with van der Waals surface area (Å²) in [6.07, 6.45) is 1.26. The third-order valence-electron chi connectivity index (χ3n) is 2.13. The zero-order valence-electron chi connectivity index (χ0n) is 9.51. The molecule has 0 spiro atoms. The monoisotopic (exact) mass is 259 g/mol. The molecule has 0 saturated heterocycles. The Balaban J connectivity index is 2.50. The summed E-state index contributed by atoms with van der Waals surface area (Å²) in [5.74, 6) is 0.809. The van der Waals surface area contributed by atoms with Crippen LogP contribution in [0.3, 0.4) is 0 Å². The lowest BCUT2D eigenvalue weighted by atomic mass is 10.1. The van der Waals surface area contributed by atoms with Gasteiger partial charge in [0, 0.05) is 22.9 Å². The SMILES string of the molecule is C[C@H](N)c1ccc(SCCS(C)(=O)=O)cc1. The van der Waals surface area contributed by atoms with Crippen molar-refractivity contribution in [1.29, 1.82) is 0 Å². The van der Waals surface area contributed by atoms with E-state index in [1.165, 1.54) is 6.26 Å². The Morgan fingerprint density at radius 2 is 1.88 bits per heavy atom. The van der Waals surface area contributed by atoms with Crippen molar-refractivity contribution in [3.63, 3.8) is 0 Å². The van der Waals surface area contributed by atoms with Gasteiger partial charge in [0.05, 0.1) is 5.75 Å². The smallest absolute Gasteiger partial charge is 0.148 e. The Morgan fingerprint density at radius 1 is 1.31 bits per heavy atom. The van der Waals surface area contributed by atoms with Crippen molar-refractivity contribution in [1.82, 2.24) is 0 Å². The fraction of sp³-hybridized carbons (Fsp3) is 0.455. The third kappa shape index (κ3) is 5.01. The highest BCUT2D eigenvalue weighted by molar-refractivity contribution is 8.00. The summed E-state index contributed by atoms with van der Waals surface area (Å²) in [4.78, 5) is 1.08. The van der Waals surface area contributed by atoms with Crippen molar-refractivity contribution in [3.05, 3.63) is 29.8 Å². The van der Waals surface area contributed by atoms with Crippen molar-refractivity contribution < 1.29 is 8.42 Å². The van der Waals surface area contributed by atoms with Gasteiger partial charge >= 0.3 is 0 Å². The summed E-state index contributed by atoms with van der Waals surface area (Å²) in [7, 11) is -2.86. The molecule has 90 valence electrons. The van der Waals surface area contributed by atoms with Crippen LogP contribution >= 0.6 is 11.8 Å². The van der Waals surface area contributed by atoms with Gasteiger partial charge in [-0.2, -0.15) is 0 Å². The van der Waals surface area contributed by atoms with Crippen LogP contribution in [0, 0.1) is 0 Å². The molecule has 0 amide bonds. The van der Waals surface area contributed by atoms with E-state index in [0.29, 0.717) is 5.75 Å². The van der Waals surface area contributed by atoms with Crippen molar-refractivity contribution >= 4 is 21.6 Å². The van der Waals surface area contributed by atoms with Crippen LogP contribution in [0.5, 0.6) is 0 Å². The molecule has 1 rings (SSSR count). The second-order valence-electron chi connectivity index (χ2n) is 3.84. The van der Waals surface area contributed by atoms with Crippen LogP contribution in [-0.2, 0) is 9.84 Å². The average molecular weight is 259 g/mol. The number of thioether (sulfide) groups is 1. The lowest BCUT2D eigenvalue weighted by Gasteiger charge is -2.06. The molecule has 1 aromatic carbocycles. The van der Waals surface area contributed by atoms with Crippen molar-refractivity contribution in [2.24, 2.45) is 5.73 Å². The molecule has 0 heterocycles. The molecule has 0 aromatic heterocycles. The zero-order valence-corrected chi connectivity index (χ0v) is 11.1. The van der Waals surface area contributed by atoms with Gasteiger partial charge in [-0.15, -0.1) is 11.8 Å². The Labute approximate surface area is 101 Å². The number of nitrogens with two attached hydrogens (primary N) is 1. The van der Waals surface area contributed by atoms with Gasteiger partial charge in [0.2, 0.25) is 0 Å². The largest absolute Gasteiger partial charge is 0.324 e. The third-order valence-corrected chi connectivity index (χ3v) is 4.35. The molecule has 2 N–H and O–H groups in total. The maximum atomic E-state index is 10.9. The number of sulfone groups is 1. The molecular formula is C11H17NO2S2. The molecule has 0 bridgehead atoms. The minimum atomic E-state index is -2.86. The van der Waals surface area contributed by atoms with E-state index in [1.807, 2.05) is 31.2 Å². The first-order valence-electron chi connectivity index (χ1n) is 5.04. The van der Waals surface area contributed by atoms with Crippen molar-refractivity contribution in [3.8, 4) is 0 Å². The van der Waals surface area contributed by atoms with Crippen LogP contribution in [0.4, 0.5) is 0 Å². The first-order chi connectivity index (χ1) is 7.38. The Bertz CT molecular complexity index is 424. The molecule has 1 atom stereocenters. The number of hydrogen-bond acceptors (Lipinski definition) is 4. The second kappa shape index (κ2) is 5.70. The topological polar surface area (TPSA) is 60.2 Å². The highest BCUT2D eigenvalue weighted by Crippen LogP contribution is 2.20. The van der Waals surface area contributed by atoms with E-state index in [2.05, 4.69) is 0 Å². The summed E-state index contributed by atoms with van der Waals surface area (Å²) in [6.45, 7) is 1.94. The lowest BCUT2D eigenvalue weighted by molar-refractivity contribution is 0.603. The van der Waals surface area contributed by atoms with Gasteiger partial charge in [0.1, 0.15) is 9.84 Å². The lowest BCUT2D eigenvalue weighted by Crippen LogP contribution is -2.05. The minimum absolute atomic E-state index is 0.0371. The van der Waals surface area contributed by atoms with Gasteiger partial charge < -0.3 is 5.73 Å². The summed E-state index contributed by atoms with van der Waals surface area (Å²) >= 11 is 1.55. The zero-order chi connectivity index (χ0) is 12.2. The molecule has 0 fully saturated rings. The second-order valence-corrected chi connectivity index (χ2v) is 7.26. The van der Waals surface area contributed by atoms with Crippen LogP contribution in [0.2, 0.25) is 0 Å². The van der Waals surface area contributed by atoms with E-state index in [4.69, 9.17) is 5.73 Å². The first-order valence-corrected chi connectivity index (χ1v) is 8.09. The van der Waals surface area contributed by atoms with E-state index in [0.717, 1.165) is 10.5 Å². The highest BCUT2D eigenvalue weighted by atomic mass is 32.2. The van der Waals surface area contributed by atoms with Crippen molar-refractivity contribution in [2.45, 2.75) is 17.9 Å². The van der Waals surface area contributed by atoms with Crippen LogP contribution in [0.1, 0.15) is 18.5 Å². The Hall–Kier alpha value is -0.520. The maximum Gasteiger partial charge on any atom is 0.148 e. The summed E-state index contributed by atoms with van der Waals surface area (Å²) < 4.78 is 21.9. The van der Waals surface area contributed by atoms with E-state index in [-0.39, 0.29) is 11.8 Å². The molecular weight excluding hydrogens is 242 g/mol. The minimum Gasteiger partial charge on any atom is -0.324 e. The van der Waals surface area contributed by atoms with Gasteiger partial charge in [-0.05, 0) is 24.6 Å². The van der Waals surface area contributed by atoms with Gasteiger partial charge in [-0.25, -0.2) is 8.42 Å². The first kappa shape index (κ1) is 13.5. The normalized spacial score (nSPS) is 13.7. The summed E-state index contributed by atoms with van der Waals surface area (Å²) in [6, 6.07) is 7.95. The fourth-order valence-corrected chi connectivity index (χ4v) is 3.29. The van der Waals surface area contributed by atoms with Crippen LogP contribution in [0.25, 0.3) is 0 Å². The van der Waals surface area contributed by atoms with Crippen LogP contribution in [-0.4, -0.2) is 26.2 Å². The van der Waals surface area contributed by atoms with Crippen molar-refractivity contribution in [2.75, 3.05) is 17.8 Å². The quantitative estimate of drug-likeness (QED) is 0.820. The van der Waals surface area contributed by atoms with Crippen LogP contribution < -0.4 is 5.73 Å². The van der Waals surface area contributed by atoms with Crippen LogP contribution in [0.15, 0.2) is 29.2 Å². The Kier molecular flexibility index (Phi) is 4.83.